The molecule has 0 aliphatic carbocycles. The lowest BCUT2D eigenvalue weighted by Gasteiger charge is -2.24. The van der Waals surface area contributed by atoms with Gasteiger partial charge in [-0.2, -0.15) is 0 Å². The van der Waals surface area contributed by atoms with Crippen molar-refractivity contribution in [2.24, 2.45) is 4.99 Å². The summed E-state index contributed by atoms with van der Waals surface area (Å²) < 4.78 is 23.2. The maximum absolute atomic E-state index is 13.8. The van der Waals surface area contributed by atoms with E-state index >= 15 is 0 Å². The van der Waals surface area contributed by atoms with Crippen molar-refractivity contribution in [3.05, 3.63) is 84.5 Å². The lowest BCUT2D eigenvalue weighted by molar-refractivity contribution is -0.139. The van der Waals surface area contributed by atoms with E-state index in [1.807, 2.05) is 6.07 Å². The van der Waals surface area contributed by atoms with Crippen molar-refractivity contribution < 1.29 is 28.5 Å². The standard InChI is InChI=1S/C27H26N2O7S/c1-6-35-26(32)22-15(2)28-27-29(23(22)17-10-12-19(13-11-17)36-16(3)30)25(31)21(37-27)14-18-8-7-9-20(33-4)24(18)34-5/h7-14,23H,6H2,1-5H3/b21-14-/t23-/m0/s1. The van der Waals surface area contributed by atoms with E-state index in [-0.39, 0.29) is 17.7 Å². The quantitative estimate of drug-likeness (QED) is 0.347. The Morgan fingerprint density at radius 1 is 1.11 bits per heavy atom. The molecule has 9 nitrogen and oxygen atoms in total. The summed E-state index contributed by atoms with van der Waals surface area (Å²) in [6.45, 7) is 4.92. The van der Waals surface area contributed by atoms with Gasteiger partial charge < -0.3 is 18.9 Å². The zero-order valence-corrected chi connectivity index (χ0v) is 21.9. The lowest BCUT2D eigenvalue weighted by Crippen LogP contribution is -2.39. The minimum Gasteiger partial charge on any atom is -0.493 e. The summed E-state index contributed by atoms with van der Waals surface area (Å²) in [7, 11) is 3.08. The van der Waals surface area contributed by atoms with Gasteiger partial charge in [0.05, 0.1) is 42.7 Å². The van der Waals surface area contributed by atoms with Gasteiger partial charge in [-0.25, -0.2) is 9.79 Å². The highest BCUT2D eigenvalue weighted by atomic mass is 32.1. The monoisotopic (exact) mass is 522 g/mol. The number of benzene rings is 2. The van der Waals surface area contributed by atoms with Crippen LogP contribution < -0.4 is 29.1 Å². The molecule has 10 heteroatoms. The number of rotatable bonds is 7. The van der Waals surface area contributed by atoms with Crippen molar-refractivity contribution >= 4 is 29.4 Å². The van der Waals surface area contributed by atoms with Gasteiger partial charge in [-0.15, -0.1) is 0 Å². The third kappa shape index (κ3) is 5.05. The third-order valence-electron chi connectivity index (χ3n) is 5.69. The van der Waals surface area contributed by atoms with Crippen LogP contribution >= 0.6 is 11.3 Å². The highest BCUT2D eigenvalue weighted by molar-refractivity contribution is 7.07. The molecule has 0 amide bonds. The molecule has 2 heterocycles. The Morgan fingerprint density at radius 3 is 2.46 bits per heavy atom. The van der Waals surface area contributed by atoms with Crippen molar-refractivity contribution in [2.75, 3.05) is 20.8 Å². The van der Waals surface area contributed by atoms with Crippen molar-refractivity contribution in [1.82, 2.24) is 4.57 Å². The van der Waals surface area contributed by atoms with Gasteiger partial charge in [0.1, 0.15) is 5.75 Å². The summed E-state index contributed by atoms with van der Waals surface area (Å²) in [6, 6.07) is 11.3. The van der Waals surface area contributed by atoms with Crippen molar-refractivity contribution in [3.8, 4) is 17.2 Å². The van der Waals surface area contributed by atoms with Crippen molar-refractivity contribution in [3.63, 3.8) is 0 Å². The SMILES string of the molecule is CCOC(=O)C1=C(C)N=c2s/c(=C\c3cccc(OC)c3OC)c(=O)n2[C@H]1c1ccc(OC(C)=O)cc1. The maximum atomic E-state index is 13.8. The predicted molar refractivity (Wildman–Crippen MR) is 138 cm³/mol. The highest BCUT2D eigenvalue weighted by Crippen LogP contribution is 2.33. The Kier molecular flexibility index (Phi) is 7.58. The van der Waals surface area contributed by atoms with E-state index in [1.54, 1.807) is 63.4 Å². The first-order chi connectivity index (χ1) is 17.8. The Bertz CT molecular complexity index is 1570. The van der Waals surface area contributed by atoms with E-state index in [0.29, 0.717) is 43.4 Å². The van der Waals surface area contributed by atoms with Gasteiger partial charge >= 0.3 is 11.9 Å². The second kappa shape index (κ2) is 10.8. The average Bonchev–Trinajstić information content (AvgIpc) is 3.17. The molecule has 0 N–H and O–H groups in total. The Balaban J connectivity index is 1.93. The normalized spacial score (nSPS) is 15.1. The molecule has 0 bridgehead atoms. The molecule has 4 rings (SSSR count). The molecule has 1 aliphatic rings. The zero-order chi connectivity index (χ0) is 26.7. The van der Waals surface area contributed by atoms with Crippen LogP contribution in [0.5, 0.6) is 17.2 Å². The Hall–Kier alpha value is -4.18. The van der Waals surface area contributed by atoms with Crippen LogP contribution in [0, 0.1) is 0 Å². The first-order valence-corrected chi connectivity index (χ1v) is 12.3. The van der Waals surface area contributed by atoms with Gasteiger partial charge in [-0.05, 0) is 43.7 Å². The highest BCUT2D eigenvalue weighted by Gasteiger charge is 2.33. The molecule has 2 aromatic carbocycles. The lowest BCUT2D eigenvalue weighted by atomic mass is 9.96. The van der Waals surface area contributed by atoms with Crippen LogP contribution in [0.3, 0.4) is 0 Å². The molecular weight excluding hydrogens is 496 g/mol. The zero-order valence-electron chi connectivity index (χ0n) is 21.1. The van der Waals surface area contributed by atoms with Crippen LogP contribution in [0.1, 0.15) is 37.9 Å². The van der Waals surface area contributed by atoms with Crippen molar-refractivity contribution in [1.29, 1.82) is 0 Å². The van der Waals surface area contributed by atoms with Crippen LogP contribution in [0.4, 0.5) is 0 Å². The number of carbonyl (C=O) groups excluding carboxylic acids is 2. The van der Waals surface area contributed by atoms with Gasteiger partial charge in [0, 0.05) is 12.5 Å². The number of fused-ring (bicyclic) bond motifs is 1. The van der Waals surface area contributed by atoms with Crippen LogP contribution in [-0.2, 0) is 14.3 Å². The molecular formula is C27H26N2O7S. The number of para-hydroxylation sites is 1. The van der Waals surface area contributed by atoms with E-state index in [9.17, 15) is 14.4 Å². The summed E-state index contributed by atoms with van der Waals surface area (Å²) in [6.07, 6.45) is 1.72. The summed E-state index contributed by atoms with van der Waals surface area (Å²) in [4.78, 5) is 43.1. The number of aromatic nitrogens is 1. The number of thiazole rings is 1. The van der Waals surface area contributed by atoms with E-state index in [4.69, 9.17) is 18.9 Å². The largest absolute Gasteiger partial charge is 0.493 e. The number of esters is 2. The smallest absolute Gasteiger partial charge is 0.338 e. The molecule has 1 atom stereocenters. The van der Waals surface area contributed by atoms with Crippen LogP contribution in [-0.4, -0.2) is 37.3 Å². The first kappa shape index (κ1) is 25.9. The molecule has 0 spiro atoms. The molecule has 0 fully saturated rings. The molecule has 3 aromatic rings. The fourth-order valence-electron chi connectivity index (χ4n) is 4.16. The maximum Gasteiger partial charge on any atom is 0.338 e. The Morgan fingerprint density at radius 2 is 1.84 bits per heavy atom. The molecule has 0 radical (unpaired) electrons. The first-order valence-electron chi connectivity index (χ1n) is 11.5. The van der Waals surface area contributed by atoms with E-state index in [1.165, 1.54) is 29.9 Å². The summed E-state index contributed by atoms with van der Waals surface area (Å²) in [5.74, 6) is 0.387. The molecule has 0 unspecified atom stereocenters. The van der Waals surface area contributed by atoms with Gasteiger partial charge in [0.2, 0.25) is 0 Å². The van der Waals surface area contributed by atoms with E-state index in [0.717, 1.165) is 0 Å². The van der Waals surface area contributed by atoms with Gasteiger partial charge in [0.15, 0.2) is 16.3 Å². The number of nitrogens with zero attached hydrogens (tertiary/aromatic N) is 2. The predicted octanol–water partition coefficient (Wildman–Crippen LogP) is 2.74. The molecule has 1 aliphatic heterocycles. The summed E-state index contributed by atoms with van der Waals surface area (Å²) >= 11 is 1.21. The average molecular weight is 523 g/mol. The fraction of sp³-hybridized carbons (Fsp3) is 0.259. The Labute approximate surface area is 216 Å². The fourth-order valence-corrected chi connectivity index (χ4v) is 5.20. The van der Waals surface area contributed by atoms with Gasteiger partial charge in [-0.1, -0.05) is 35.6 Å². The minimum absolute atomic E-state index is 0.174. The molecule has 1 aromatic heterocycles. The van der Waals surface area contributed by atoms with Crippen LogP contribution in [0.15, 0.2) is 63.5 Å². The number of carbonyl (C=O) groups is 2. The number of allylic oxidation sites excluding steroid dienone is 1. The second-order valence-corrected chi connectivity index (χ2v) is 9.06. The summed E-state index contributed by atoms with van der Waals surface area (Å²) in [5, 5.41) is 0. The second-order valence-electron chi connectivity index (χ2n) is 8.05. The molecule has 0 saturated heterocycles. The van der Waals surface area contributed by atoms with Gasteiger partial charge in [0.25, 0.3) is 5.56 Å². The molecule has 0 saturated carbocycles. The molecule has 37 heavy (non-hydrogen) atoms. The van der Waals surface area contributed by atoms with Crippen LogP contribution in [0.2, 0.25) is 0 Å². The molecule has 192 valence electrons. The topological polar surface area (TPSA) is 105 Å². The van der Waals surface area contributed by atoms with E-state index in [2.05, 4.69) is 4.99 Å². The number of ether oxygens (including phenoxy) is 4. The third-order valence-corrected chi connectivity index (χ3v) is 6.68. The minimum atomic E-state index is -0.781. The number of hydrogen-bond acceptors (Lipinski definition) is 9. The van der Waals surface area contributed by atoms with Crippen LogP contribution in [0.25, 0.3) is 6.08 Å². The van der Waals surface area contributed by atoms with E-state index < -0.39 is 18.0 Å². The van der Waals surface area contributed by atoms with Crippen molar-refractivity contribution in [2.45, 2.75) is 26.8 Å². The summed E-state index contributed by atoms with van der Waals surface area (Å²) in [5.41, 5.74) is 1.70. The number of methoxy groups -OCH3 is 2. The number of hydrogen-bond donors (Lipinski definition) is 0. The van der Waals surface area contributed by atoms with Gasteiger partial charge in [-0.3, -0.25) is 14.2 Å².